The van der Waals surface area contributed by atoms with Crippen molar-refractivity contribution in [2.45, 2.75) is 26.3 Å². The molecular weight excluding hydrogens is 460 g/mol. The van der Waals surface area contributed by atoms with Crippen molar-refractivity contribution in [2.24, 2.45) is 0 Å². The van der Waals surface area contributed by atoms with E-state index >= 15 is 8.78 Å². The fraction of sp³-hybridized carbons (Fsp3) is 0.118. The highest BCUT2D eigenvalue weighted by molar-refractivity contribution is 5.88. The number of rotatable bonds is 5. The van der Waals surface area contributed by atoms with E-state index in [9.17, 15) is 0 Å². The first-order valence-corrected chi connectivity index (χ1v) is 12.4. The zero-order valence-corrected chi connectivity index (χ0v) is 21.3. The van der Waals surface area contributed by atoms with Crippen molar-refractivity contribution in [3.63, 3.8) is 0 Å². The second-order valence-electron chi connectivity index (χ2n) is 10.1. The second kappa shape index (κ2) is 10.0. The summed E-state index contributed by atoms with van der Waals surface area (Å²) in [5.74, 6) is -0.777. The van der Waals surface area contributed by atoms with Crippen molar-refractivity contribution in [3.8, 4) is 33.4 Å². The van der Waals surface area contributed by atoms with Gasteiger partial charge in [0, 0.05) is 16.7 Å². The second-order valence-corrected chi connectivity index (χ2v) is 10.1. The number of para-hydroxylation sites is 1. The quantitative estimate of drug-likeness (QED) is 0.237. The van der Waals surface area contributed by atoms with E-state index in [4.69, 9.17) is 0 Å². The molecular formula is C34H29F2N. The lowest BCUT2D eigenvalue weighted by Gasteiger charge is -2.39. The smallest absolute Gasteiger partial charge is 0.155 e. The summed E-state index contributed by atoms with van der Waals surface area (Å²) in [5, 5.41) is 0. The number of anilines is 2. The highest BCUT2D eigenvalue weighted by Crippen LogP contribution is 2.45. The minimum absolute atomic E-state index is 0.335. The Morgan fingerprint density at radius 3 is 1.54 bits per heavy atom. The molecule has 0 heterocycles. The fourth-order valence-electron chi connectivity index (χ4n) is 4.78. The number of halogens is 2. The lowest BCUT2D eigenvalue weighted by atomic mass is 9.92. The summed E-state index contributed by atoms with van der Waals surface area (Å²) in [7, 11) is 0. The summed E-state index contributed by atoms with van der Waals surface area (Å²) >= 11 is 0. The molecule has 3 heteroatoms. The average molecular weight is 490 g/mol. The first-order valence-electron chi connectivity index (χ1n) is 12.4. The van der Waals surface area contributed by atoms with Gasteiger partial charge >= 0.3 is 0 Å². The van der Waals surface area contributed by atoms with Crippen LogP contribution in [0.4, 0.5) is 20.2 Å². The van der Waals surface area contributed by atoms with Crippen molar-refractivity contribution >= 4 is 11.4 Å². The molecule has 0 atom stereocenters. The topological polar surface area (TPSA) is 3.24 Å². The maximum absolute atomic E-state index is 16.7. The van der Waals surface area contributed by atoms with Gasteiger partial charge in [-0.25, -0.2) is 8.78 Å². The van der Waals surface area contributed by atoms with Crippen LogP contribution in [0.5, 0.6) is 0 Å². The molecule has 0 aromatic heterocycles. The summed E-state index contributed by atoms with van der Waals surface area (Å²) in [6, 6.07) is 38.0. The SMILES string of the molecule is CC(C)(C)N(c1ccccc1F)c1c(-c2ccc(-c3ccccc3)cc2)ccc(-c2ccccc2)c1F. The molecule has 5 aromatic rings. The summed E-state index contributed by atoms with van der Waals surface area (Å²) in [6.45, 7) is 5.91. The maximum atomic E-state index is 16.7. The van der Waals surface area contributed by atoms with Crippen molar-refractivity contribution in [1.82, 2.24) is 0 Å². The molecule has 0 unspecified atom stereocenters. The maximum Gasteiger partial charge on any atom is 0.155 e. The molecule has 0 spiro atoms. The molecule has 0 saturated carbocycles. The van der Waals surface area contributed by atoms with Crippen LogP contribution in [0.15, 0.2) is 121 Å². The van der Waals surface area contributed by atoms with Gasteiger partial charge in [-0.3, -0.25) is 0 Å². The third-order valence-electron chi connectivity index (χ3n) is 6.49. The first-order chi connectivity index (χ1) is 17.8. The number of hydrogen-bond acceptors (Lipinski definition) is 1. The number of hydrogen-bond donors (Lipinski definition) is 0. The molecule has 0 bridgehead atoms. The van der Waals surface area contributed by atoms with E-state index in [0.717, 1.165) is 22.3 Å². The molecule has 5 rings (SSSR count). The molecule has 184 valence electrons. The van der Waals surface area contributed by atoms with Crippen LogP contribution in [-0.4, -0.2) is 5.54 Å². The van der Waals surface area contributed by atoms with Crippen LogP contribution in [0, 0.1) is 11.6 Å². The van der Waals surface area contributed by atoms with E-state index in [0.29, 0.717) is 22.5 Å². The van der Waals surface area contributed by atoms with E-state index < -0.39 is 11.4 Å². The number of nitrogens with zero attached hydrogens (tertiary/aromatic N) is 1. The zero-order valence-electron chi connectivity index (χ0n) is 21.3. The van der Waals surface area contributed by atoms with Crippen LogP contribution in [-0.2, 0) is 0 Å². The number of benzene rings is 5. The monoisotopic (exact) mass is 489 g/mol. The highest BCUT2D eigenvalue weighted by Gasteiger charge is 2.31. The standard InChI is InChI=1S/C34H29F2N/c1-34(2,3)37(31-17-11-10-16-30(31)35)33-29(23-22-28(32(33)36)26-14-8-5-9-15-26)27-20-18-25(19-21-27)24-12-6-4-7-13-24/h4-23H,1-3H3. The normalized spacial score (nSPS) is 11.4. The third-order valence-corrected chi connectivity index (χ3v) is 6.49. The summed E-state index contributed by atoms with van der Waals surface area (Å²) in [4.78, 5) is 1.78. The Morgan fingerprint density at radius 1 is 0.486 bits per heavy atom. The van der Waals surface area contributed by atoms with Crippen molar-refractivity contribution < 1.29 is 8.78 Å². The van der Waals surface area contributed by atoms with Crippen molar-refractivity contribution in [2.75, 3.05) is 4.90 Å². The van der Waals surface area contributed by atoms with Gasteiger partial charge in [-0.05, 0) is 55.2 Å². The van der Waals surface area contributed by atoms with Gasteiger partial charge in [0.2, 0.25) is 0 Å². The van der Waals surface area contributed by atoms with Crippen LogP contribution in [0.3, 0.4) is 0 Å². The van der Waals surface area contributed by atoms with Crippen LogP contribution < -0.4 is 4.90 Å². The van der Waals surface area contributed by atoms with E-state index in [-0.39, 0.29) is 5.82 Å². The summed E-state index contributed by atoms with van der Waals surface area (Å²) in [5.41, 5.74) is 5.08. The molecule has 0 N–H and O–H groups in total. The van der Waals surface area contributed by atoms with Crippen LogP contribution >= 0.6 is 0 Å². The summed E-state index contributed by atoms with van der Waals surface area (Å²) in [6.07, 6.45) is 0. The van der Waals surface area contributed by atoms with Gasteiger partial charge in [-0.2, -0.15) is 0 Å². The Labute approximate surface area is 217 Å². The minimum Gasteiger partial charge on any atom is -0.331 e. The highest BCUT2D eigenvalue weighted by atomic mass is 19.1. The van der Waals surface area contributed by atoms with E-state index in [1.54, 1.807) is 23.1 Å². The van der Waals surface area contributed by atoms with E-state index in [1.165, 1.54) is 6.07 Å². The lowest BCUT2D eigenvalue weighted by Crippen LogP contribution is -2.39. The predicted molar refractivity (Wildman–Crippen MR) is 151 cm³/mol. The van der Waals surface area contributed by atoms with Gasteiger partial charge in [0.1, 0.15) is 5.82 Å². The fourth-order valence-corrected chi connectivity index (χ4v) is 4.78. The van der Waals surface area contributed by atoms with Crippen LogP contribution in [0.25, 0.3) is 33.4 Å². The Kier molecular flexibility index (Phi) is 6.62. The van der Waals surface area contributed by atoms with Gasteiger partial charge in [0.25, 0.3) is 0 Å². The average Bonchev–Trinajstić information content (AvgIpc) is 2.91. The van der Waals surface area contributed by atoms with E-state index in [1.807, 2.05) is 106 Å². The van der Waals surface area contributed by atoms with Gasteiger partial charge < -0.3 is 4.90 Å². The van der Waals surface area contributed by atoms with Crippen molar-refractivity contribution in [1.29, 1.82) is 0 Å². The largest absolute Gasteiger partial charge is 0.331 e. The lowest BCUT2D eigenvalue weighted by molar-refractivity contribution is 0.528. The van der Waals surface area contributed by atoms with Gasteiger partial charge in [0.05, 0.1) is 11.4 Å². The molecule has 0 fully saturated rings. The van der Waals surface area contributed by atoms with Crippen molar-refractivity contribution in [3.05, 3.63) is 133 Å². The Hall–Kier alpha value is -4.24. The van der Waals surface area contributed by atoms with Gasteiger partial charge in [-0.1, -0.05) is 109 Å². The molecule has 5 aromatic carbocycles. The third kappa shape index (κ3) is 4.90. The molecule has 37 heavy (non-hydrogen) atoms. The van der Waals surface area contributed by atoms with Gasteiger partial charge in [0.15, 0.2) is 5.82 Å². The molecule has 0 saturated heterocycles. The molecule has 0 aliphatic carbocycles. The Balaban J connectivity index is 1.75. The van der Waals surface area contributed by atoms with E-state index in [2.05, 4.69) is 12.1 Å². The molecule has 0 aliphatic rings. The molecule has 0 radical (unpaired) electrons. The molecule has 0 amide bonds. The minimum atomic E-state index is -0.614. The zero-order chi connectivity index (χ0) is 26.0. The Morgan fingerprint density at radius 2 is 0.946 bits per heavy atom. The molecule has 0 aliphatic heterocycles. The molecule has 1 nitrogen and oxygen atoms in total. The Bertz CT molecular complexity index is 1500. The van der Waals surface area contributed by atoms with Crippen LogP contribution in [0.1, 0.15) is 20.8 Å². The first kappa shape index (κ1) is 24.5. The van der Waals surface area contributed by atoms with Gasteiger partial charge in [-0.15, -0.1) is 0 Å². The predicted octanol–water partition coefficient (Wildman–Crippen LogP) is 9.90. The summed E-state index contributed by atoms with van der Waals surface area (Å²) < 4.78 is 31.9. The van der Waals surface area contributed by atoms with Crippen LogP contribution in [0.2, 0.25) is 0 Å².